The standard InChI is InChI=1S/C20H18N4O2/c1-14(26-17-9-7-15(11-21)8-10-17)20(25)23-13-19-22-12-18(24-19)16-5-3-2-4-6-16/h2-10,12,14H,13H2,1H3,(H,22,24)(H,23,25). The first-order valence-corrected chi connectivity index (χ1v) is 8.19. The number of hydrogen-bond acceptors (Lipinski definition) is 4. The molecule has 1 unspecified atom stereocenters. The van der Waals surface area contributed by atoms with Crippen LogP contribution in [0.5, 0.6) is 5.75 Å². The first kappa shape index (κ1) is 17.2. The maximum atomic E-state index is 12.2. The highest BCUT2D eigenvalue weighted by atomic mass is 16.5. The molecule has 0 bridgehead atoms. The predicted octanol–water partition coefficient (Wildman–Crippen LogP) is 3.03. The van der Waals surface area contributed by atoms with E-state index in [1.165, 1.54) is 0 Å². The number of hydrogen-bond donors (Lipinski definition) is 2. The fourth-order valence-corrected chi connectivity index (χ4v) is 2.40. The highest BCUT2D eigenvalue weighted by Gasteiger charge is 2.15. The molecule has 26 heavy (non-hydrogen) atoms. The van der Waals surface area contributed by atoms with E-state index in [4.69, 9.17) is 10.00 Å². The molecule has 130 valence electrons. The number of nitrogens with one attached hydrogen (secondary N) is 2. The molecule has 3 rings (SSSR count). The number of carbonyl (C=O) groups is 1. The van der Waals surface area contributed by atoms with Crippen LogP contribution in [0.3, 0.4) is 0 Å². The lowest BCUT2D eigenvalue weighted by Crippen LogP contribution is -2.36. The third-order valence-electron chi connectivity index (χ3n) is 3.81. The number of ether oxygens (including phenoxy) is 1. The number of aromatic amines is 1. The molecule has 0 aliphatic heterocycles. The normalized spacial score (nSPS) is 11.4. The van der Waals surface area contributed by atoms with Crippen LogP contribution in [0.15, 0.2) is 60.8 Å². The number of carbonyl (C=O) groups excluding carboxylic acids is 1. The van der Waals surface area contributed by atoms with Gasteiger partial charge in [-0.15, -0.1) is 0 Å². The van der Waals surface area contributed by atoms with E-state index in [-0.39, 0.29) is 12.5 Å². The summed E-state index contributed by atoms with van der Waals surface area (Å²) in [6.07, 6.45) is 1.08. The van der Waals surface area contributed by atoms with Gasteiger partial charge in [-0.2, -0.15) is 5.26 Å². The molecule has 1 heterocycles. The number of aromatic nitrogens is 2. The van der Waals surface area contributed by atoms with Crippen LogP contribution in [0.2, 0.25) is 0 Å². The summed E-state index contributed by atoms with van der Waals surface area (Å²) in [5.74, 6) is 0.964. The van der Waals surface area contributed by atoms with Crippen LogP contribution in [-0.4, -0.2) is 22.0 Å². The summed E-state index contributed by atoms with van der Waals surface area (Å²) in [5, 5.41) is 11.6. The fourth-order valence-electron chi connectivity index (χ4n) is 2.40. The molecule has 1 aromatic heterocycles. The van der Waals surface area contributed by atoms with Gasteiger partial charge in [0.05, 0.1) is 30.1 Å². The maximum absolute atomic E-state index is 12.2. The molecule has 6 nitrogen and oxygen atoms in total. The van der Waals surface area contributed by atoms with Gasteiger partial charge in [-0.05, 0) is 36.8 Å². The predicted molar refractivity (Wildman–Crippen MR) is 97.1 cm³/mol. The quantitative estimate of drug-likeness (QED) is 0.718. The number of nitrogens with zero attached hydrogens (tertiary/aromatic N) is 2. The second-order valence-electron chi connectivity index (χ2n) is 5.72. The van der Waals surface area contributed by atoms with Crippen LogP contribution >= 0.6 is 0 Å². The molecule has 3 aromatic rings. The minimum Gasteiger partial charge on any atom is -0.481 e. The molecule has 0 spiro atoms. The Hall–Kier alpha value is -3.59. The largest absolute Gasteiger partial charge is 0.481 e. The van der Waals surface area contributed by atoms with E-state index in [1.807, 2.05) is 36.4 Å². The molecule has 2 N–H and O–H groups in total. The summed E-state index contributed by atoms with van der Waals surface area (Å²) >= 11 is 0. The monoisotopic (exact) mass is 346 g/mol. The van der Waals surface area contributed by atoms with Crippen molar-refractivity contribution in [2.24, 2.45) is 0 Å². The van der Waals surface area contributed by atoms with Crippen molar-refractivity contribution in [1.82, 2.24) is 15.3 Å². The highest BCUT2D eigenvalue weighted by molar-refractivity contribution is 5.80. The fraction of sp³-hybridized carbons (Fsp3) is 0.150. The molecule has 1 amide bonds. The molecule has 0 aliphatic carbocycles. The zero-order valence-corrected chi connectivity index (χ0v) is 14.3. The molecule has 6 heteroatoms. The van der Waals surface area contributed by atoms with Crippen LogP contribution in [0.1, 0.15) is 18.3 Å². The molecule has 0 saturated carbocycles. The molecule has 0 saturated heterocycles. The van der Waals surface area contributed by atoms with E-state index >= 15 is 0 Å². The first-order valence-electron chi connectivity index (χ1n) is 8.19. The Morgan fingerprint density at radius 3 is 2.65 bits per heavy atom. The SMILES string of the molecule is CC(Oc1ccc(C#N)cc1)C(=O)NCc1ncc(-c2ccccc2)[nH]1. The molecule has 0 radical (unpaired) electrons. The average Bonchev–Trinajstić information content (AvgIpc) is 3.16. The third kappa shape index (κ3) is 4.28. The van der Waals surface area contributed by atoms with Gasteiger partial charge in [0.15, 0.2) is 6.10 Å². The maximum Gasteiger partial charge on any atom is 0.261 e. The van der Waals surface area contributed by atoms with Crippen LogP contribution in [0.25, 0.3) is 11.3 Å². The van der Waals surface area contributed by atoms with Crippen molar-refractivity contribution in [3.05, 3.63) is 72.2 Å². The Morgan fingerprint density at radius 1 is 1.23 bits per heavy atom. The molecule has 2 aromatic carbocycles. The van der Waals surface area contributed by atoms with Crippen molar-refractivity contribution in [2.75, 3.05) is 0 Å². The summed E-state index contributed by atoms with van der Waals surface area (Å²) in [7, 11) is 0. The number of rotatable bonds is 6. The molecular weight excluding hydrogens is 328 g/mol. The summed E-state index contributed by atoms with van der Waals surface area (Å²) < 4.78 is 5.59. The Labute approximate surface area is 151 Å². The van der Waals surface area contributed by atoms with Gasteiger partial charge in [0, 0.05) is 0 Å². The number of benzene rings is 2. The van der Waals surface area contributed by atoms with Crippen molar-refractivity contribution in [1.29, 1.82) is 5.26 Å². The Morgan fingerprint density at radius 2 is 1.96 bits per heavy atom. The smallest absolute Gasteiger partial charge is 0.261 e. The number of nitriles is 1. The molecular formula is C20H18N4O2. The van der Waals surface area contributed by atoms with Gasteiger partial charge in [0.1, 0.15) is 11.6 Å². The van der Waals surface area contributed by atoms with Crippen molar-refractivity contribution in [3.8, 4) is 23.1 Å². The molecule has 0 aliphatic rings. The minimum atomic E-state index is -0.661. The summed E-state index contributed by atoms with van der Waals surface area (Å²) in [4.78, 5) is 19.7. The second kappa shape index (κ2) is 7.99. The van der Waals surface area contributed by atoms with Crippen molar-refractivity contribution in [3.63, 3.8) is 0 Å². The van der Waals surface area contributed by atoms with Crippen LogP contribution in [0, 0.1) is 11.3 Å². The number of amides is 1. The van der Waals surface area contributed by atoms with Gasteiger partial charge < -0.3 is 15.0 Å². The van der Waals surface area contributed by atoms with E-state index in [0.29, 0.717) is 17.1 Å². The first-order chi connectivity index (χ1) is 12.7. The van der Waals surface area contributed by atoms with E-state index in [0.717, 1.165) is 11.3 Å². The van der Waals surface area contributed by atoms with E-state index in [2.05, 4.69) is 15.3 Å². The van der Waals surface area contributed by atoms with E-state index in [9.17, 15) is 4.79 Å². The lowest BCUT2D eigenvalue weighted by atomic mass is 10.2. The van der Waals surface area contributed by atoms with Crippen LogP contribution in [0.4, 0.5) is 0 Å². The molecule has 1 atom stereocenters. The van der Waals surface area contributed by atoms with E-state index in [1.54, 1.807) is 37.4 Å². The average molecular weight is 346 g/mol. The highest BCUT2D eigenvalue weighted by Crippen LogP contribution is 2.16. The minimum absolute atomic E-state index is 0.243. The van der Waals surface area contributed by atoms with Crippen molar-refractivity contribution >= 4 is 5.91 Å². The van der Waals surface area contributed by atoms with Gasteiger partial charge >= 0.3 is 0 Å². The second-order valence-corrected chi connectivity index (χ2v) is 5.72. The van der Waals surface area contributed by atoms with Gasteiger partial charge in [-0.25, -0.2) is 4.98 Å². The summed E-state index contributed by atoms with van der Waals surface area (Å²) in [5.41, 5.74) is 2.48. The van der Waals surface area contributed by atoms with Crippen molar-refractivity contribution < 1.29 is 9.53 Å². The topological polar surface area (TPSA) is 90.8 Å². The van der Waals surface area contributed by atoms with Gasteiger partial charge in [-0.3, -0.25) is 4.79 Å². The molecule has 0 fully saturated rings. The number of H-pyrrole nitrogens is 1. The van der Waals surface area contributed by atoms with Gasteiger partial charge in [-0.1, -0.05) is 30.3 Å². The summed E-state index contributed by atoms with van der Waals surface area (Å²) in [6.45, 7) is 1.96. The van der Waals surface area contributed by atoms with Crippen molar-refractivity contribution in [2.45, 2.75) is 19.6 Å². The zero-order chi connectivity index (χ0) is 18.4. The van der Waals surface area contributed by atoms with Crippen LogP contribution < -0.4 is 10.1 Å². The lowest BCUT2D eigenvalue weighted by molar-refractivity contribution is -0.127. The number of imidazole rings is 1. The zero-order valence-electron chi connectivity index (χ0n) is 14.3. The van der Waals surface area contributed by atoms with Gasteiger partial charge in [0.2, 0.25) is 0 Å². The Bertz CT molecular complexity index is 911. The van der Waals surface area contributed by atoms with Crippen LogP contribution in [-0.2, 0) is 11.3 Å². The lowest BCUT2D eigenvalue weighted by Gasteiger charge is -2.14. The van der Waals surface area contributed by atoms with E-state index < -0.39 is 6.10 Å². The Kier molecular flexibility index (Phi) is 5.30. The summed E-state index contributed by atoms with van der Waals surface area (Å²) in [6, 6.07) is 18.5. The Balaban J connectivity index is 1.53. The third-order valence-corrected chi connectivity index (χ3v) is 3.81. The van der Waals surface area contributed by atoms with Gasteiger partial charge in [0.25, 0.3) is 5.91 Å².